The van der Waals surface area contributed by atoms with E-state index in [1.165, 1.54) is 39.2 Å². The maximum absolute atomic E-state index is 13.7. The molecule has 0 amide bonds. The molecule has 1 atom stereocenters. The van der Waals surface area contributed by atoms with Gasteiger partial charge in [0, 0.05) is 6.04 Å². The van der Waals surface area contributed by atoms with Gasteiger partial charge in [-0.3, -0.25) is 0 Å². The highest BCUT2D eigenvalue weighted by Gasteiger charge is 2.20. The first-order valence-electron chi connectivity index (χ1n) is 8.20. The van der Waals surface area contributed by atoms with Crippen LogP contribution in [0.5, 0.6) is 5.75 Å². The van der Waals surface area contributed by atoms with Crippen molar-refractivity contribution in [2.45, 2.75) is 52.0 Å². The third-order valence-corrected chi connectivity index (χ3v) is 4.93. The second kappa shape index (κ2) is 7.79. The van der Waals surface area contributed by atoms with Crippen LogP contribution in [0.3, 0.4) is 0 Å². The Morgan fingerprint density at radius 3 is 2.48 bits per heavy atom. The molecule has 1 aromatic carbocycles. The Labute approximate surface area is 128 Å². The average molecular weight is 293 g/mol. The summed E-state index contributed by atoms with van der Waals surface area (Å²) in [6.45, 7) is 5.42. The zero-order valence-electron chi connectivity index (χ0n) is 13.5. The lowest BCUT2D eigenvalue weighted by Crippen LogP contribution is -2.28. The molecular formula is C18H28FNO. The summed E-state index contributed by atoms with van der Waals surface area (Å²) in [5.41, 5.74) is 0.982. The number of hydrogen-bond donors (Lipinski definition) is 1. The zero-order chi connectivity index (χ0) is 15.2. The largest absolute Gasteiger partial charge is 0.494 e. The first-order chi connectivity index (χ1) is 10.1. The minimum atomic E-state index is -0.285. The van der Waals surface area contributed by atoms with Crippen LogP contribution in [0.25, 0.3) is 0 Å². The fraction of sp³-hybridized carbons (Fsp3) is 0.667. The third-order valence-electron chi connectivity index (χ3n) is 4.93. The van der Waals surface area contributed by atoms with E-state index in [9.17, 15) is 4.39 Å². The van der Waals surface area contributed by atoms with Gasteiger partial charge in [-0.1, -0.05) is 32.3 Å². The fourth-order valence-corrected chi connectivity index (χ4v) is 3.26. The molecule has 1 unspecified atom stereocenters. The van der Waals surface area contributed by atoms with E-state index < -0.39 is 0 Å². The Morgan fingerprint density at radius 2 is 1.90 bits per heavy atom. The first-order valence-corrected chi connectivity index (χ1v) is 8.20. The number of benzene rings is 1. The van der Waals surface area contributed by atoms with E-state index in [0.29, 0.717) is 5.75 Å². The van der Waals surface area contributed by atoms with Crippen molar-refractivity contribution in [1.82, 2.24) is 5.32 Å². The summed E-state index contributed by atoms with van der Waals surface area (Å²) in [5, 5.41) is 3.56. The molecule has 1 aliphatic carbocycles. The van der Waals surface area contributed by atoms with E-state index >= 15 is 0 Å². The maximum Gasteiger partial charge on any atom is 0.165 e. The molecule has 0 spiro atoms. The van der Waals surface area contributed by atoms with E-state index in [2.05, 4.69) is 19.2 Å². The Balaban J connectivity index is 1.82. The number of hydrogen-bond acceptors (Lipinski definition) is 2. The molecular weight excluding hydrogens is 265 g/mol. The molecule has 2 nitrogen and oxygen atoms in total. The Hall–Kier alpha value is -1.09. The molecule has 1 fully saturated rings. The van der Waals surface area contributed by atoms with E-state index in [1.807, 2.05) is 6.07 Å². The topological polar surface area (TPSA) is 21.3 Å². The van der Waals surface area contributed by atoms with E-state index in [1.54, 1.807) is 12.1 Å². The average Bonchev–Trinajstić information content (AvgIpc) is 2.53. The van der Waals surface area contributed by atoms with Crippen LogP contribution in [-0.4, -0.2) is 13.7 Å². The van der Waals surface area contributed by atoms with Gasteiger partial charge < -0.3 is 10.1 Å². The number of nitrogens with one attached hydrogen (secondary N) is 1. The molecule has 0 bridgehead atoms. The minimum Gasteiger partial charge on any atom is -0.494 e. The molecule has 2 rings (SSSR count). The van der Waals surface area contributed by atoms with Crippen molar-refractivity contribution in [2.24, 2.45) is 11.8 Å². The Kier molecular flexibility index (Phi) is 6.04. The molecule has 21 heavy (non-hydrogen) atoms. The maximum atomic E-state index is 13.7. The lowest BCUT2D eigenvalue weighted by molar-refractivity contribution is 0.258. The van der Waals surface area contributed by atoms with Crippen LogP contribution in [0, 0.1) is 17.7 Å². The van der Waals surface area contributed by atoms with Crippen molar-refractivity contribution in [3.63, 3.8) is 0 Å². The van der Waals surface area contributed by atoms with Gasteiger partial charge in [0.1, 0.15) is 0 Å². The van der Waals surface area contributed by atoms with Crippen molar-refractivity contribution < 1.29 is 9.13 Å². The molecule has 1 N–H and O–H groups in total. The van der Waals surface area contributed by atoms with Gasteiger partial charge in [0.05, 0.1) is 7.11 Å². The number of rotatable bonds is 6. The normalized spacial score (nSPS) is 23.8. The second-order valence-electron chi connectivity index (χ2n) is 6.32. The molecule has 118 valence electrons. The van der Waals surface area contributed by atoms with Gasteiger partial charge in [-0.25, -0.2) is 4.39 Å². The standard InChI is InChI=1S/C18H28FNO/c1-4-14-5-7-15(8-6-14)12-20-13(2)16-9-10-18(21-3)17(19)11-16/h9-11,13-15,20H,4-8,12H2,1-3H3. The minimum absolute atomic E-state index is 0.175. The van der Waals surface area contributed by atoms with Crippen LogP contribution in [0.1, 0.15) is 57.6 Å². The summed E-state index contributed by atoms with van der Waals surface area (Å²) in [6, 6.07) is 5.39. The molecule has 1 aliphatic rings. The molecule has 0 aliphatic heterocycles. The third kappa shape index (κ3) is 4.44. The van der Waals surface area contributed by atoms with Crippen LogP contribution in [0.15, 0.2) is 18.2 Å². The lowest BCUT2D eigenvalue weighted by Gasteiger charge is -2.29. The molecule has 3 heteroatoms. The molecule has 0 heterocycles. The van der Waals surface area contributed by atoms with Crippen LogP contribution in [0.4, 0.5) is 4.39 Å². The second-order valence-corrected chi connectivity index (χ2v) is 6.32. The summed E-state index contributed by atoms with van der Waals surface area (Å²) in [7, 11) is 1.49. The van der Waals surface area contributed by atoms with Gasteiger partial charge in [-0.2, -0.15) is 0 Å². The van der Waals surface area contributed by atoms with Crippen LogP contribution in [0.2, 0.25) is 0 Å². The van der Waals surface area contributed by atoms with Gasteiger partial charge >= 0.3 is 0 Å². The van der Waals surface area contributed by atoms with Crippen molar-refractivity contribution in [3.8, 4) is 5.75 Å². The zero-order valence-corrected chi connectivity index (χ0v) is 13.5. The molecule has 0 saturated heterocycles. The fourth-order valence-electron chi connectivity index (χ4n) is 3.26. The van der Waals surface area contributed by atoms with Crippen molar-refractivity contribution >= 4 is 0 Å². The number of methoxy groups -OCH3 is 1. The predicted octanol–water partition coefficient (Wildman–Crippen LogP) is 4.70. The Morgan fingerprint density at radius 1 is 1.24 bits per heavy atom. The smallest absolute Gasteiger partial charge is 0.165 e. The SMILES string of the molecule is CCC1CCC(CNC(C)c2ccc(OC)c(F)c2)CC1. The highest BCUT2D eigenvalue weighted by Crippen LogP contribution is 2.30. The summed E-state index contributed by atoms with van der Waals surface area (Å²) in [5.74, 6) is 1.74. The van der Waals surface area contributed by atoms with Gasteiger partial charge in [-0.05, 0) is 55.8 Å². The summed E-state index contributed by atoms with van der Waals surface area (Å²) < 4.78 is 18.7. The molecule has 0 aromatic heterocycles. The van der Waals surface area contributed by atoms with Gasteiger partial charge in [0.25, 0.3) is 0 Å². The number of ether oxygens (including phenoxy) is 1. The predicted molar refractivity (Wildman–Crippen MR) is 85.1 cm³/mol. The first kappa shape index (κ1) is 16.3. The van der Waals surface area contributed by atoms with Crippen LogP contribution >= 0.6 is 0 Å². The van der Waals surface area contributed by atoms with Gasteiger partial charge in [0.15, 0.2) is 11.6 Å². The highest BCUT2D eigenvalue weighted by molar-refractivity contribution is 5.30. The van der Waals surface area contributed by atoms with Gasteiger partial charge in [0.2, 0.25) is 0 Å². The van der Waals surface area contributed by atoms with E-state index in [0.717, 1.165) is 23.9 Å². The van der Waals surface area contributed by atoms with Gasteiger partial charge in [-0.15, -0.1) is 0 Å². The molecule has 1 aromatic rings. The monoisotopic (exact) mass is 293 g/mol. The molecule has 0 radical (unpaired) electrons. The van der Waals surface area contributed by atoms with Crippen LogP contribution in [-0.2, 0) is 0 Å². The van der Waals surface area contributed by atoms with Crippen molar-refractivity contribution in [1.29, 1.82) is 0 Å². The van der Waals surface area contributed by atoms with Crippen molar-refractivity contribution in [2.75, 3.05) is 13.7 Å². The van der Waals surface area contributed by atoms with E-state index in [-0.39, 0.29) is 11.9 Å². The quantitative estimate of drug-likeness (QED) is 0.820. The lowest BCUT2D eigenvalue weighted by atomic mass is 9.81. The number of halogens is 1. The van der Waals surface area contributed by atoms with Crippen LogP contribution < -0.4 is 10.1 Å². The van der Waals surface area contributed by atoms with Crippen molar-refractivity contribution in [3.05, 3.63) is 29.6 Å². The van der Waals surface area contributed by atoms with E-state index in [4.69, 9.17) is 4.74 Å². The summed E-state index contributed by atoms with van der Waals surface area (Å²) in [4.78, 5) is 0. The summed E-state index contributed by atoms with van der Waals surface area (Å²) >= 11 is 0. The highest BCUT2D eigenvalue weighted by atomic mass is 19.1. The summed E-state index contributed by atoms with van der Waals surface area (Å²) in [6.07, 6.45) is 6.72. The Bertz CT molecular complexity index is 441. The molecule has 1 saturated carbocycles.